The van der Waals surface area contributed by atoms with Crippen molar-refractivity contribution in [3.63, 3.8) is 0 Å². The van der Waals surface area contributed by atoms with Gasteiger partial charge in [-0.2, -0.15) is 0 Å². The Balaban J connectivity index is 1.76. The molecule has 1 fully saturated rings. The van der Waals surface area contributed by atoms with E-state index in [0.717, 1.165) is 22.4 Å². The molecule has 2 aromatic carbocycles. The van der Waals surface area contributed by atoms with E-state index in [-0.39, 0.29) is 29.1 Å². The largest absolute Gasteiger partial charge is 0.495 e. The zero-order chi connectivity index (χ0) is 21.9. The summed E-state index contributed by atoms with van der Waals surface area (Å²) in [6.45, 7) is 5.96. The number of sulfonamides is 1. The van der Waals surface area contributed by atoms with Crippen LogP contribution in [0, 0.1) is 13.8 Å². The van der Waals surface area contributed by atoms with E-state index >= 15 is 0 Å². The number of carbonyl (C=O) groups excluding carboxylic acids is 1. The van der Waals surface area contributed by atoms with Crippen molar-refractivity contribution < 1.29 is 17.9 Å². The van der Waals surface area contributed by atoms with E-state index < -0.39 is 16.1 Å². The number of hydrogen-bond donors (Lipinski definition) is 4. The van der Waals surface area contributed by atoms with Gasteiger partial charge in [0.2, 0.25) is 15.9 Å². The Morgan fingerprint density at radius 3 is 2.67 bits per heavy atom. The molecule has 0 saturated carbocycles. The average Bonchev–Trinajstić information content (AvgIpc) is 3.21. The van der Waals surface area contributed by atoms with Gasteiger partial charge in [-0.1, -0.05) is 25.1 Å². The van der Waals surface area contributed by atoms with Gasteiger partial charge >= 0.3 is 0 Å². The lowest BCUT2D eigenvalue weighted by Gasteiger charge is -2.15. The lowest BCUT2D eigenvalue weighted by atomic mass is 10.0. The monoisotopic (exact) mass is 432 g/mol. The number of benzene rings is 2. The van der Waals surface area contributed by atoms with Crippen LogP contribution in [-0.2, 0) is 14.8 Å². The molecule has 0 bridgehead atoms. The molecule has 2 unspecified atom stereocenters. The van der Waals surface area contributed by atoms with Crippen molar-refractivity contribution in [2.75, 3.05) is 19.0 Å². The van der Waals surface area contributed by atoms with Crippen LogP contribution in [0.25, 0.3) is 0 Å². The van der Waals surface area contributed by atoms with Crippen LogP contribution in [-0.4, -0.2) is 34.0 Å². The molecule has 2 aromatic rings. The minimum absolute atomic E-state index is 0.0782. The lowest BCUT2D eigenvalue weighted by molar-refractivity contribution is -0.117. The summed E-state index contributed by atoms with van der Waals surface area (Å²) < 4.78 is 32.8. The van der Waals surface area contributed by atoms with Crippen LogP contribution in [0.1, 0.15) is 36.1 Å². The Labute approximate surface area is 177 Å². The van der Waals surface area contributed by atoms with Gasteiger partial charge in [0.25, 0.3) is 0 Å². The summed E-state index contributed by atoms with van der Waals surface area (Å²) in [5.41, 5.74) is 9.78. The van der Waals surface area contributed by atoms with Gasteiger partial charge in [-0.25, -0.2) is 24.0 Å². The molecule has 1 heterocycles. The van der Waals surface area contributed by atoms with Crippen molar-refractivity contribution in [2.45, 2.75) is 44.2 Å². The van der Waals surface area contributed by atoms with Crippen molar-refractivity contribution in [2.24, 2.45) is 0 Å². The third-order valence-electron chi connectivity index (χ3n) is 5.30. The first-order chi connectivity index (χ1) is 14.3. The number of methoxy groups -OCH3 is 1. The molecule has 4 N–H and O–H groups in total. The Morgan fingerprint density at radius 2 is 1.97 bits per heavy atom. The van der Waals surface area contributed by atoms with E-state index in [1.54, 1.807) is 25.1 Å². The summed E-state index contributed by atoms with van der Waals surface area (Å²) in [7, 11) is -2.25. The number of hydrazine groups is 1. The highest BCUT2D eigenvalue weighted by Gasteiger charge is 2.31. The van der Waals surface area contributed by atoms with Crippen LogP contribution < -0.4 is 25.6 Å². The van der Waals surface area contributed by atoms with Crippen molar-refractivity contribution >= 4 is 21.6 Å². The normalized spacial score (nSPS) is 18.9. The minimum atomic E-state index is -3.69. The molecule has 8 nitrogen and oxygen atoms in total. The summed E-state index contributed by atoms with van der Waals surface area (Å²) in [4.78, 5) is 12.8. The molecule has 162 valence electrons. The third kappa shape index (κ3) is 4.65. The summed E-state index contributed by atoms with van der Waals surface area (Å²) in [6.07, 6.45) is 0.476. The van der Waals surface area contributed by atoms with Crippen molar-refractivity contribution in [1.82, 2.24) is 15.6 Å². The van der Waals surface area contributed by atoms with E-state index in [4.69, 9.17) is 4.74 Å². The molecule has 0 aromatic heterocycles. The summed E-state index contributed by atoms with van der Waals surface area (Å²) >= 11 is 0. The van der Waals surface area contributed by atoms with Crippen LogP contribution in [0.4, 0.5) is 5.69 Å². The standard InChI is InChI=1S/C21H28N4O4S/c1-5-22-30(27,28)20-11-15(9-10-19(20)29-4)17-12-18(25-24-17)21(26)23-16-8-6-7-13(2)14(16)3/h6-11,17-18,22,24-25H,5,12H2,1-4H3,(H,23,26). The van der Waals surface area contributed by atoms with E-state index in [1.165, 1.54) is 7.11 Å². The van der Waals surface area contributed by atoms with Crippen molar-refractivity contribution in [3.8, 4) is 5.75 Å². The zero-order valence-electron chi connectivity index (χ0n) is 17.6. The second-order valence-electron chi connectivity index (χ2n) is 7.28. The highest BCUT2D eigenvalue weighted by Crippen LogP contribution is 2.30. The molecule has 0 aliphatic carbocycles. The number of hydrogen-bond acceptors (Lipinski definition) is 6. The lowest BCUT2D eigenvalue weighted by Crippen LogP contribution is -2.39. The average molecular weight is 433 g/mol. The molecular weight excluding hydrogens is 404 g/mol. The van der Waals surface area contributed by atoms with Crippen LogP contribution in [0.15, 0.2) is 41.3 Å². The fourth-order valence-corrected chi connectivity index (χ4v) is 4.68. The quantitative estimate of drug-likeness (QED) is 0.534. The topological polar surface area (TPSA) is 109 Å². The Bertz CT molecular complexity index is 1040. The smallest absolute Gasteiger partial charge is 0.244 e. The first-order valence-corrected chi connectivity index (χ1v) is 11.3. The highest BCUT2D eigenvalue weighted by molar-refractivity contribution is 7.89. The molecular formula is C21H28N4O4S. The molecule has 1 aliphatic rings. The number of aryl methyl sites for hydroxylation is 1. The molecule has 1 amide bonds. The molecule has 1 aliphatic heterocycles. The molecule has 0 radical (unpaired) electrons. The maximum Gasteiger partial charge on any atom is 0.244 e. The first kappa shape index (κ1) is 22.2. The second-order valence-corrected chi connectivity index (χ2v) is 9.01. The summed E-state index contributed by atoms with van der Waals surface area (Å²) in [5.74, 6) is 0.127. The fourth-order valence-electron chi connectivity index (χ4n) is 3.44. The van der Waals surface area contributed by atoms with Gasteiger partial charge < -0.3 is 10.1 Å². The predicted octanol–water partition coefficient (Wildman–Crippen LogP) is 2.16. The van der Waals surface area contributed by atoms with Crippen LogP contribution in [0.5, 0.6) is 5.75 Å². The summed E-state index contributed by atoms with van der Waals surface area (Å²) in [6, 6.07) is 10.1. The van der Waals surface area contributed by atoms with E-state index in [2.05, 4.69) is 20.9 Å². The zero-order valence-corrected chi connectivity index (χ0v) is 18.4. The first-order valence-electron chi connectivity index (χ1n) is 9.82. The molecule has 2 atom stereocenters. The fraction of sp³-hybridized carbons (Fsp3) is 0.381. The van der Waals surface area contributed by atoms with E-state index in [1.807, 2.05) is 32.0 Å². The third-order valence-corrected chi connectivity index (χ3v) is 6.86. The number of carbonyl (C=O) groups is 1. The highest BCUT2D eigenvalue weighted by atomic mass is 32.2. The van der Waals surface area contributed by atoms with E-state index in [9.17, 15) is 13.2 Å². The molecule has 30 heavy (non-hydrogen) atoms. The van der Waals surface area contributed by atoms with Crippen molar-refractivity contribution in [1.29, 1.82) is 0 Å². The molecule has 0 spiro atoms. The Morgan fingerprint density at radius 1 is 1.20 bits per heavy atom. The molecule has 1 saturated heterocycles. The number of nitrogens with one attached hydrogen (secondary N) is 4. The van der Waals surface area contributed by atoms with Gasteiger partial charge in [-0.05, 0) is 55.2 Å². The Hall–Kier alpha value is -2.46. The molecule has 3 rings (SSSR count). The van der Waals surface area contributed by atoms with Crippen LogP contribution in [0.3, 0.4) is 0 Å². The molecule has 9 heteroatoms. The van der Waals surface area contributed by atoms with Gasteiger partial charge in [0.15, 0.2) is 0 Å². The summed E-state index contributed by atoms with van der Waals surface area (Å²) in [5, 5.41) is 2.97. The van der Waals surface area contributed by atoms with E-state index in [0.29, 0.717) is 6.42 Å². The number of ether oxygens (including phenoxy) is 1. The second kappa shape index (κ2) is 9.13. The minimum Gasteiger partial charge on any atom is -0.495 e. The van der Waals surface area contributed by atoms with Gasteiger partial charge in [0.1, 0.15) is 16.7 Å². The SMILES string of the molecule is CCNS(=O)(=O)c1cc(C2CC(C(=O)Nc3cccc(C)c3C)NN2)ccc1OC. The predicted molar refractivity (Wildman–Crippen MR) is 116 cm³/mol. The van der Waals surface area contributed by atoms with Crippen LogP contribution >= 0.6 is 0 Å². The van der Waals surface area contributed by atoms with Gasteiger partial charge in [0, 0.05) is 18.3 Å². The maximum absolute atomic E-state index is 12.7. The van der Waals surface area contributed by atoms with Gasteiger partial charge in [-0.3, -0.25) is 4.79 Å². The van der Waals surface area contributed by atoms with Gasteiger partial charge in [-0.15, -0.1) is 0 Å². The van der Waals surface area contributed by atoms with Gasteiger partial charge in [0.05, 0.1) is 7.11 Å². The Kier molecular flexibility index (Phi) is 6.77. The maximum atomic E-state index is 12.7. The number of rotatable bonds is 7. The van der Waals surface area contributed by atoms with Crippen LogP contribution in [0.2, 0.25) is 0 Å². The number of anilines is 1. The number of amides is 1. The van der Waals surface area contributed by atoms with Crippen molar-refractivity contribution in [3.05, 3.63) is 53.1 Å².